The minimum Gasteiger partial charge on any atom is -0.273 e. The van der Waals surface area contributed by atoms with Gasteiger partial charge in [-0.05, 0) is 24.6 Å². The summed E-state index contributed by atoms with van der Waals surface area (Å²) in [5.74, 6) is -2.58. The number of nitrogens with one attached hydrogen (secondary N) is 2. The first-order chi connectivity index (χ1) is 11.3. The molecular formula is C14H12ClFN2O4S2. The molecule has 1 fully saturated rings. The van der Waals surface area contributed by atoms with Gasteiger partial charge in [0, 0.05) is 10.1 Å². The van der Waals surface area contributed by atoms with Crippen molar-refractivity contribution in [1.82, 2.24) is 10.9 Å². The predicted molar refractivity (Wildman–Crippen MR) is 89.2 cm³/mol. The Morgan fingerprint density at radius 3 is 2.71 bits per heavy atom. The number of carbonyl (C=O) groups is 2. The number of hydrazine groups is 1. The van der Waals surface area contributed by atoms with Gasteiger partial charge < -0.3 is 0 Å². The molecule has 0 aliphatic carbocycles. The molecule has 2 aromatic rings. The molecule has 128 valence electrons. The molecule has 1 aliphatic heterocycles. The Bertz CT molecular complexity index is 942. The number of rotatable bonds is 2. The molecule has 2 amide bonds. The maximum atomic E-state index is 13.2. The zero-order valence-electron chi connectivity index (χ0n) is 12.1. The van der Waals surface area contributed by atoms with E-state index >= 15 is 0 Å². The van der Waals surface area contributed by atoms with E-state index in [0.717, 1.165) is 11.3 Å². The Hall–Kier alpha value is -1.71. The average molecular weight is 391 g/mol. The van der Waals surface area contributed by atoms with Crippen LogP contribution in [-0.2, 0) is 14.6 Å². The summed E-state index contributed by atoms with van der Waals surface area (Å²) in [4.78, 5) is 24.2. The molecule has 0 saturated carbocycles. The first-order valence-electron chi connectivity index (χ1n) is 6.95. The van der Waals surface area contributed by atoms with Crippen molar-refractivity contribution < 1.29 is 22.4 Å². The molecule has 0 unspecified atom stereocenters. The van der Waals surface area contributed by atoms with Gasteiger partial charge in [-0.2, -0.15) is 0 Å². The van der Waals surface area contributed by atoms with E-state index in [1.165, 1.54) is 18.2 Å². The minimum atomic E-state index is -3.19. The standard InChI is InChI=1S/C14H12ClFN2O4S2/c15-11-9-2-1-8(16)5-10(9)23-12(11)14(20)18-17-13(19)7-3-4-24(21,22)6-7/h1-2,5,7H,3-4,6H2,(H,17,19)(H,18,20)/t7-/m1/s1. The number of carbonyl (C=O) groups excluding carboxylic acids is 2. The summed E-state index contributed by atoms with van der Waals surface area (Å²) >= 11 is 7.12. The summed E-state index contributed by atoms with van der Waals surface area (Å²) in [5, 5.41) is 0.714. The van der Waals surface area contributed by atoms with Crippen LogP contribution < -0.4 is 10.9 Å². The van der Waals surface area contributed by atoms with Gasteiger partial charge in [-0.15, -0.1) is 11.3 Å². The summed E-state index contributed by atoms with van der Waals surface area (Å²) in [6.45, 7) is 0. The number of thiophene rings is 1. The number of benzene rings is 1. The van der Waals surface area contributed by atoms with Crippen molar-refractivity contribution in [2.75, 3.05) is 11.5 Å². The SMILES string of the molecule is O=C(NNC(=O)[C@@H]1CCS(=O)(=O)C1)c1sc2cc(F)ccc2c1Cl. The normalized spacial score (nSPS) is 19.3. The van der Waals surface area contributed by atoms with E-state index in [2.05, 4.69) is 10.9 Å². The van der Waals surface area contributed by atoms with Gasteiger partial charge in [-0.1, -0.05) is 11.6 Å². The second-order valence-electron chi connectivity index (χ2n) is 5.43. The predicted octanol–water partition coefficient (Wildman–Crippen LogP) is 1.89. The number of hydrogen-bond donors (Lipinski definition) is 2. The number of amides is 2. The molecule has 3 rings (SSSR count). The molecule has 0 bridgehead atoms. The molecule has 6 nitrogen and oxygen atoms in total. The monoisotopic (exact) mass is 390 g/mol. The second kappa shape index (κ2) is 6.30. The highest BCUT2D eigenvalue weighted by atomic mass is 35.5. The molecule has 1 aromatic heterocycles. The van der Waals surface area contributed by atoms with Crippen LogP contribution in [-0.4, -0.2) is 31.7 Å². The van der Waals surface area contributed by atoms with Gasteiger partial charge in [-0.3, -0.25) is 20.4 Å². The third-order valence-electron chi connectivity index (χ3n) is 3.70. The molecule has 2 heterocycles. The molecule has 1 saturated heterocycles. The van der Waals surface area contributed by atoms with Crippen molar-refractivity contribution >= 4 is 54.7 Å². The highest BCUT2D eigenvalue weighted by Crippen LogP contribution is 2.35. The Balaban J connectivity index is 1.69. The average Bonchev–Trinajstić information content (AvgIpc) is 3.04. The number of hydrogen-bond acceptors (Lipinski definition) is 5. The van der Waals surface area contributed by atoms with E-state index in [1.807, 2.05) is 0 Å². The van der Waals surface area contributed by atoms with Crippen LogP contribution >= 0.6 is 22.9 Å². The van der Waals surface area contributed by atoms with E-state index < -0.39 is 33.4 Å². The zero-order valence-corrected chi connectivity index (χ0v) is 14.5. The molecule has 24 heavy (non-hydrogen) atoms. The third kappa shape index (κ3) is 3.38. The van der Waals surface area contributed by atoms with Crippen LogP contribution in [0.25, 0.3) is 10.1 Å². The fraction of sp³-hybridized carbons (Fsp3) is 0.286. The lowest BCUT2D eigenvalue weighted by Gasteiger charge is -2.10. The molecule has 10 heteroatoms. The lowest BCUT2D eigenvalue weighted by molar-refractivity contribution is -0.125. The van der Waals surface area contributed by atoms with E-state index in [1.54, 1.807) is 0 Å². The van der Waals surface area contributed by atoms with Crippen LogP contribution in [0.5, 0.6) is 0 Å². The highest BCUT2D eigenvalue weighted by Gasteiger charge is 2.33. The first-order valence-corrected chi connectivity index (χ1v) is 9.96. The maximum absolute atomic E-state index is 13.2. The van der Waals surface area contributed by atoms with Gasteiger partial charge in [0.05, 0.1) is 22.4 Å². The topological polar surface area (TPSA) is 92.3 Å². The van der Waals surface area contributed by atoms with Crippen molar-refractivity contribution in [3.05, 3.63) is 33.9 Å². The van der Waals surface area contributed by atoms with Crippen molar-refractivity contribution in [3.8, 4) is 0 Å². The summed E-state index contributed by atoms with van der Waals surface area (Å²) < 4.78 is 36.5. The second-order valence-corrected chi connectivity index (χ2v) is 9.09. The lowest BCUT2D eigenvalue weighted by atomic mass is 10.1. The molecule has 1 aromatic carbocycles. The Labute approximate surface area is 145 Å². The molecular weight excluding hydrogens is 379 g/mol. The Kier molecular flexibility index (Phi) is 4.50. The van der Waals surface area contributed by atoms with Crippen molar-refractivity contribution in [2.24, 2.45) is 5.92 Å². The summed E-state index contributed by atoms with van der Waals surface area (Å²) in [5.41, 5.74) is 4.43. The third-order valence-corrected chi connectivity index (χ3v) is 7.12. The Morgan fingerprint density at radius 2 is 2.04 bits per heavy atom. The molecule has 1 aliphatic rings. The van der Waals surface area contributed by atoms with E-state index in [0.29, 0.717) is 10.1 Å². The van der Waals surface area contributed by atoms with E-state index in [-0.39, 0.29) is 27.8 Å². The van der Waals surface area contributed by atoms with E-state index in [9.17, 15) is 22.4 Å². The van der Waals surface area contributed by atoms with Crippen LogP contribution in [0.2, 0.25) is 5.02 Å². The van der Waals surface area contributed by atoms with Crippen molar-refractivity contribution in [2.45, 2.75) is 6.42 Å². The lowest BCUT2D eigenvalue weighted by Crippen LogP contribution is -2.44. The summed E-state index contributed by atoms with van der Waals surface area (Å²) in [7, 11) is -3.19. The van der Waals surface area contributed by atoms with Gasteiger partial charge in [-0.25, -0.2) is 12.8 Å². The fourth-order valence-electron chi connectivity index (χ4n) is 2.46. The number of halogens is 2. The quantitative estimate of drug-likeness (QED) is 0.766. The van der Waals surface area contributed by atoms with Gasteiger partial charge in [0.1, 0.15) is 10.7 Å². The summed E-state index contributed by atoms with van der Waals surface area (Å²) in [6, 6.07) is 3.98. The Morgan fingerprint density at radius 1 is 1.29 bits per heavy atom. The first kappa shape index (κ1) is 17.1. The zero-order chi connectivity index (χ0) is 17.5. The molecule has 0 spiro atoms. The molecule has 2 N–H and O–H groups in total. The fourth-order valence-corrected chi connectivity index (χ4v) is 5.64. The van der Waals surface area contributed by atoms with Gasteiger partial charge in [0.2, 0.25) is 5.91 Å². The van der Waals surface area contributed by atoms with Crippen molar-refractivity contribution in [1.29, 1.82) is 0 Å². The van der Waals surface area contributed by atoms with Crippen LogP contribution in [0.1, 0.15) is 16.1 Å². The van der Waals surface area contributed by atoms with Crippen LogP contribution in [0.4, 0.5) is 4.39 Å². The van der Waals surface area contributed by atoms with E-state index in [4.69, 9.17) is 11.6 Å². The van der Waals surface area contributed by atoms with Crippen LogP contribution in [0.3, 0.4) is 0 Å². The van der Waals surface area contributed by atoms with Gasteiger partial charge >= 0.3 is 0 Å². The number of fused-ring (bicyclic) bond motifs is 1. The summed E-state index contributed by atoms with van der Waals surface area (Å²) in [6.07, 6.45) is 0.229. The maximum Gasteiger partial charge on any atom is 0.281 e. The van der Waals surface area contributed by atoms with Crippen LogP contribution in [0.15, 0.2) is 18.2 Å². The van der Waals surface area contributed by atoms with Crippen LogP contribution in [0, 0.1) is 11.7 Å². The smallest absolute Gasteiger partial charge is 0.273 e. The van der Waals surface area contributed by atoms with Gasteiger partial charge in [0.15, 0.2) is 9.84 Å². The van der Waals surface area contributed by atoms with Crippen molar-refractivity contribution in [3.63, 3.8) is 0 Å². The minimum absolute atomic E-state index is 0.0350. The largest absolute Gasteiger partial charge is 0.281 e. The molecule has 1 atom stereocenters. The molecule has 0 radical (unpaired) electrons. The highest BCUT2D eigenvalue weighted by molar-refractivity contribution is 7.91. The number of sulfone groups is 1. The van der Waals surface area contributed by atoms with Gasteiger partial charge in [0.25, 0.3) is 5.91 Å².